The van der Waals surface area contributed by atoms with E-state index in [1.807, 2.05) is 6.92 Å². The van der Waals surface area contributed by atoms with Crippen molar-refractivity contribution >= 4 is 6.09 Å². The van der Waals surface area contributed by atoms with Crippen LogP contribution in [0.25, 0.3) is 0 Å². The van der Waals surface area contributed by atoms with Crippen LogP contribution in [0.15, 0.2) is 24.3 Å². The van der Waals surface area contributed by atoms with Crippen LogP contribution in [0.5, 0.6) is 0 Å². The lowest BCUT2D eigenvalue weighted by atomic mass is 9.77. The molecule has 0 aliphatic rings. The molecule has 0 saturated heterocycles. The summed E-state index contributed by atoms with van der Waals surface area (Å²) in [5.74, 6) is -0.410. The first-order chi connectivity index (χ1) is 8.80. The van der Waals surface area contributed by atoms with Gasteiger partial charge >= 0.3 is 6.09 Å². The van der Waals surface area contributed by atoms with Gasteiger partial charge in [0.25, 0.3) is 0 Å². The number of nitrogens with two attached hydrogens (primary N) is 1. The summed E-state index contributed by atoms with van der Waals surface area (Å²) in [6, 6.07) is 6.27. The number of carbonyl (C=O) groups excluding carboxylic acids is 1. The standard InChI is InChI=1S/C14H20FNO3/c1-5-14(18-4,13(2,3)19-12(16)17)10-8-6-7-9-11(10)15/h6-9H,5H2,1-4H3,(H2,16,17)/t14-/m0/s1. The van der Waals surface area contributed by atoms with Gasteiger partial charge in [-0.05, 0) is 26.3 Å². The number of primary amides is 1. The highest BCUT2D eigenvalue weighted by molar-refractivity contribution is 5.65. The molecular formula is C14H20FNO3. The predicted octanol–water partition coefficient (Wildman–Crippen LogP) is 2.95. The molecule has 1 aromatic carbocycles. The minimum Gasteiger partial charge on any atom is -0.440 e. The Labute approximate surface area is 112 Å². The average molecular weight is 269 g/mol. The summed E-state index contributed by atoms with van der Waals surface area (Å²) >= 11 is 0. The second kappa shape index (κ2) is 5.57. The third-order valence-corrected chi connectivity index (χ3v) is 3.48. The summed E-state index contributed by atoms with van der Waals surface area (Å²) < 4.78 is 24.8. The summed E-state index contributed by atoms with van der Waals surface area (Å²) in [5.41, 5.74) is 3.22. The molecule has 1 atom stereocenters. The molecule has 106 valence electrons. The number of methoxy groups -OCH3 is 1. The van der Waals surface area contributed by atoms with Gasteiger partial charge in [-0.2, -0.15) is 0 Å². The zero-order valence-electron chi connectivity index (χ0n) is 11.7. The number of halogens is 1. The maximum Gasteiger partial charge on any atom is 0.405 e. The molecule has 0 aliphatic heterocycles. The van der Waals surface area contributed by atoms with E-state index in [0.29, 0.717) is 12.0 Å². The van der Waals surface area contributed by atoms with Gasteiger partial charge in [-0.1, -0.05) is 25.1 Å². The fraction of sp³-hybridized carbons (Fsp3) is 0.500. The molecule has 0 heterocycles. The summed E-state index contributed by atoms with van der Waals surface area (Å²) in [6.45, 7) is 5.14. The quantitative estimate of drug-likeness (QED) is 0.894. The number of hydrogen-bond donors (Lipinski definition) is 1. The maximum atomic E-state index is 14.1. The first kappa shape index (κ1) is 15.4. The van der Waals surface area contributed by atoms with E-state index in [4.69, 9.17) is 15.2 Å². The fourth-order valence-electron chi connectivity index (χ4n) is 2.56. The van der Waals surface area contributed by atoms with Crippen molar-refractivity contribution in [3.63, 3.8) is 0 Å². The minimum absolute atomic E-state index is 0.339. The number of rotatable bonds is 5. The number of benzene rings is 1. The zero-order valence-corrected chi connectivity index (χ0v) is 11.7. The Morgan fingerprint density at radius 2 is 1.95 bits per heavy atom. The van der Waals surface area contributed by atoms with E-state index in [1.165, 1.54) is 13.2 Å². The molecule has 0 unspecified atom stereocenters. The van der Waals surface area contributed by atoms with Crippen molar-refractivity contribution in [2.24, 2.45) is 5.73 Å². The molecule has 0 aliphatic carbocycles. The Balaban J connectivity index is 3.40. The van der Waals surface area contributed by atoms with Crippen LogP contribution in [0.2, 0.25) is 0 Å². The van der Waals surface area contributed by atoms with Crippen molar-refractivity contribution in [1.82, 2.24) is 0 Å². The van der Waals surface area contributed by atoms with Gasteiger partial charge in [-0.15, -0.1) is 0 Å². The lowest BCUT2D eigenvalue weighted by molar-refractivity contribution is -0.162. The molecule has 5 heteroatoms. The Hall–Kier alpha value is -1.62. The molecule has 1 rings (SSSR count). The molecule has 0 bridgehead atoms. The van der Waals surface area contributed by atoms with Crippen molar-refractivity contribution in [1.29, 1.82) is 0 Å². The van der Waals surface area contributed by atoms with Crippen LogP contribution in [0, 0.1) is 5.82 Å². The van der Waals surface area contributed by atoms with Gasteiger partial charge in [0.15, 0.2) is 0 Å². The van der Waals surface area contributed by atoms with Gasteiger partial charge < -0.3 is 15.2 Å². The number of ether oxygens (including phenoxy) is 2. The van der Waals surface area contributed by atoms with E-state index in [1.54, 1.807) is 32.0 Å². The molecule has 0 saturated carbocycles. The van der Waals surface area contributed by atoms with Gasteiger partial charge in [-0.25, -0.2) is 9.18 Å². The predicted molar refractivity (Wildman–Crippen MR) is 70.1 cm³/mol. The molecule has 0 spiro atoms. The smallest absolute Gasteiger partial charge is 0.405 e. The molecule has 0 radical (unpaired) electrons. The monoisotopic (exact) mass is 269 g/mol. The van der Waals surface area contributed by atoms with E-state index in [9.17, 15) is 9.18 Å². The highest BCUT2D eigenvalue weighted by Gasteiger charge is 2.49. The van der Waals surface area contributed by atoms with Crippen LogP contribution >= 0.6 is 0 Å². The number of amides is 1. The van der Waals surface area contributed by atoms with Gasteiger partial charge in [0.05, 0.1) is 0 Å². The van der Waals surface area contributed by atoms with Gasteiger partial charge in [-0.3, -0.25) is 0 Å². The van der Waals surface area contributed by atoms with Crippen molar-refractivity contribution in [2.75, 3.05) is 7.11 Å². The van der Waals surface area contributed by atoms with E-state index in [2.05, 4.69) is 0 Å². The molecule has 19 heavy (non-hydrogen) atoms. The van der Waals surface area contributed by atoms with Crippen molar-refractivity contribution < 1.29 is 18.7 Å². The number of carbonyl (C=O) groups is 1. The second-order valence-corrected chi connectivity index (χ2v) is 4.80. The van der Waals surface area contributed by atoms with E-state index in [0.717, 1.165) is 0 Å². The van der Waals surface area contributed by atoms with Crippen molar-refractivity contribution in [3.05, 3.63) is 35.6 Å². The molecule has 1 aromatic rings. The van der Waals surface area contributed by atoms with Crippen LogP contribution in [0.1, 0.15) is 32.8 Å². The first-order valence-electron chi connectivity index (χ1n) is 6.09. The van der Waals surface area contributed by atoms with Crippen LogP contribution in [-0.2, 0) is 15.1 Å². The fourth-order valence-corrected chi connectivity index (χ4v) is 2.56. The molecule has 2 N–H and O–H groups in total. The van der Waals surface area contributed by atoms with Crippen molar-refractivity contribution in [3.8, 4) is 0 Å². The molecule has 1 amide bonds. The summed E-state index contributed by atoms with van der Waals surface area (Å²) in [6.07, 6.45) is -0.499. The first-order valence-corrected chi connectivity index (χ1v) is 6.09. The zero-order chi connectivity index (χ0) is 14.7. The highest BCUT2D eigenvalue weighted by Crippen LogP contribution is 2.42. The SMILES string of the molecule is CC[C@](OC)(c1ccccc1F)C(C)(C)OC(N)=O. The number of hydrogen-bond acceptors (Lipinski definition) is 3. The van der Waals surface area contributed by atoms with Gasteiger partial charge in [0.1, 0.15) is 17.0 Å². The Morgan fingerprint density at radius 3 is 2.37 bits per heavy atom. The third-order valence-electron chi connectivity index (χ3n) is 3.48. The van der Waals surface area contributed by atoms with E-state index >= 15 is 0 Å². The van der Waals surface area contributed by atoms with Crippen LogP contribution in [-0.4, -0.2) is 18.8 Å². The van der Waals surface area contributed by atoms with E-state index < -0.39 is 23.1 Å². The lowest BCUT2D eigenvalue weighted by Crippen LogP contribution is -2.52. The Kier molecular flexibility index (Phi) is 4.52. The van der Waals surface area contributed by atoms with Crippen LogP contribution in [0.4, 0.5) is 9.18 Å². The summed E-state index contributed by atoms with van der Waals surface area (Å²) in [4.78, 5) is 11.1. The van der Waals surface area contributed by atoms with Crippen molar-refractivity contribution in [2.45, 2.75) is 38.4 Å². The highest BCUT2D eigenvalue weighted by atomic mass is 19.1. The van der Waals surface area contributed by atoms with Gasteiger partial charge in [0.2, 0.25) is 0 Å². The third kappa shape index (κ3) is 2.71. The second-order valence-electron chi connectivity index (χ2n) is 4.80. The normalized spacial score (nSPS) is 14.8. The molecule has 4 nitrogen and oxygen atoms in total. The minimum atomic E-state index is -1.11. The van der Waals surface area contributed by atoms with Gasteiger partial charge in [0, 0.05) is 12.7 Å². The lowest BCUT2D eigenvalue weighted by Gasteiger charge is -2.44. The summed E-state index contributed by atoms with van der Waals surface area (Å²) in [7, 11) is 1.46. The summed E-state index contributed by atoms with van der Waals surface area (Å²) in [5, 5.41) is 0. The molecular weight excluding hydrogens is 249 g/mol. The van der Waals surface area contributed by atoms with E-state index in [-0.39, 0.29) is 0 Å². The molecule has 0 aromatic heterocycles. The van der Waals surface area contributed by atoms with Crippen LogP contribution in [0.3, 0.4) is 0 Å². The molecule has 0 fully saturated rings. The Morgan fingerprint density at radius 1 is 1.37 bits per heavy atom. The maximum absolute atomic E-state index is 14.1. The Bertz CT molecular complexity index is 456. The van der Waals surface area contributed by atoms with Crippen LogP contribution < -0.4 is 5.73 Å². The average Bonchev–Trinajstić information content (AvgIpc) is 2.31. The topological polar surface area (TPSA) is 61.6 Å². The largest absolute Gasteiger partial charge is 0.440 e.